The molecule has 0 spiro atoms. The average Bonchev–Trinajstić information content (AvgIpc) is 2.60. The van der Waals surface area contributed by atoms with Gasteiger partial charge in [-0.3, -0.25) is 14.8 Å². The summed E-state index contributed by atoms with van der Waals surface area (Å²) >= 11 is 0. The summed E-state index contributed by atoms with van der Waals surface area (Å²) in [5, 5.41) is 19.3. The zero-order valence-electron chi connectivity index (χ0n) is 13.3. The molecule has 7 nitrogen and oxygen atoms in total. The van der Waals surface area contributed by atoms with Gasteiger partial charge in [0.25, 0.3) is 5.91 Å². The normalized spacial score (nSPS) is 13.0. The fraction of sp³-hybridized carbons (Fsp3) is 0.176. The lowest BCUT2D eigenvalue weighted by Crippen LogP contribution is -2.53. The van der Waals surface area contributed by atoms with Gasteiger partial charge in [-0.15, -0.1) is 0 Å². The number of nitrogens with zero attached hydrogens (tertiary/aromatic N) is 2. The smallest absolute Gasteiger partial charge is 0.254 e. The fourth-order valence-electron chi connectivity index (χ4n) is 2.39. The van der Waals surface area contributed by atoms with Gasteiger partial charge in [-0.1, -0.05) is 30.3 Å². The van der Waals surface area contributed by atoms with Crippen molar-refractivity contribution in [2.45, 2.75) is 12.5 Å². The second-order valence-electron chi connectivity index (χ2n) is 5.49. The molecule has 3 N–H and O–H groups in total. The summed E-state index contributed by atoms with van der Waals surface area (Å²) in [5.74, 6) is -1.11. The molecular weight excluding hydrogens is 310 g/mol. The Hall–Kier alpha value is -2.90. The third-order valence-electron chi connectivity index (χ3n) is 4.13. The number of anilines is 1. The van der Waals surface area contributed by atoms with Crippen molar-refractivity contribution in [2.75, 3.05) is 12.3 Å². The Bertz CT molecular complexity index is 731. The number of hydrogen-bond acceptors (Lipinski definition) is 5. The molecule has 0 unspecified atom stereocenters. The molecule has 2 aromatic rings. The molecule has 2 aromatic carbocycles. The Labute approximate surface area is 139 Å². The van der Waals surface area contributed by atoms with E-state index in [1.54, 1.807) is 37.3 Å². The molecule has 2 rings (SSSR count). The highest BCUT2D eigenvalue weighted by molar-refractivity contribution is 5.99. The van der Waals surface area contributed by atoms with Gasteiger partial charge in [0.15, 0.2) is 0 Å². The molecular formula is C17H18N3O4-. The Morgan fingerprint density at radius 1 is 1.08 bits per heavy atom. The summed E-state index contributed by atoms with van der Waals surface area (Å²) in [6, 6.07) is 14.1. The third kappa shape index (κ3) is 3.08. The van der Waals surface area contributed by atoms with E-state index in [9.17, 15) is 14.8 Å². The van der Waals surface area contributed by atoms with Crippen molar-refractivity contribution in [2.24, 2.45) is 5.73 Å². The van der Waals surface area contributed by atoms with Crippen LogP contribution < -0.4 is 11.0 Å². The number of primary amides is 1. The van der Waals surface area contributed by atoms with Gasteiger partial charge in [-0.25, -0.2) is 0 Å². The first kappa shape index (κ1) is 17.5. The molecule has 0 fully saturated rings. The van der Waals surface area contributed by atoms with Crippen LogP contribution in [0.4, 0.5) is 5.69 Å². The summed E-state index contributed by atoms with van der Waals surface area (Å²) in [7, 11) is 1.49. The SMILES string of the molecule is CN(C(=O)c1ccc(N([O-])O)cc1)[C@@](C)(C(N)=O)c1ccccc1. The van der Waals surface area contributed by atoms with Crippen LogP contribution in [-0.2, 0) is 10.3 Å². The Morgan fingerprint density at radius 3 is 2.08 bits per heavy atom. The highest BCUT2D eigenvalue weighted by Gasteiger charge is 2.40. The van der Waals surface area contributed by atoms with Crippen LogP contribution in [0.25, 0.3) is 0 Å². The molecule has 0 aliphatic carbocycles. The first-order valence-corrected chi connectivity index (χ1v) is 7.18. The molecule has 126 valence electrons. The highest BCUT2D eigenvalue weighted by Crippen LogP contribution is 2.28. The van der Waals surface area contributed by atoms with Crippen molar-refractivity contribution in [1.29, 1.82) is 0 Å². The minimum absolute atomic E-state index is 0.00470. The first-order valence-electron chi connectivity index (χ1n) is 7.18. The summed E-state index contributed by atoms with van der Waals surface area (Å²) in [6.45, 7) is 1.57. The Balaban J connectivity index is 2.38. The predicted octanol–water partition coefficient (Wildman–Crippen LogP) is 1.85. The molecule has 0 aromatic heterocycles. The van der Waals surface area contributed by atoms with Crippen molar-refractivity contribution < 1.29 is 14.8 Å². The van der Waals surface area contributed by atoms with Crippen LogP contribution in [0.15, 0.2) is 54.6 Å². The van der Waals surface area contributed by atoms with Crippen LogP contribution in [-0.4, -0.2) is 29.0 Å². The fourth-order valence-corrected chi connectivity index (χ4v) is 2.39. The first-order chi connectivity index (χ1) is 11.3. The van der Waals surface area contributed by atoms with Gasteiger partial charge in [-0.2, -0.15) is 0 Å². The van der Waals surface area contributed by atoms with Gasteiger partial charge in [0.1, 0.15) is 5.54 Å². The second kappa shape index (κ2) is 6.69. The third-order valence-corrected chi connectivity index (χ3v) is 4.13. The lowest BCUT2D eigenvalue weighted by Gasteiger charge is -2.36. The lowest BCUT2D eigenvalue weighted by atomic mass is 9.89. The van der Waals surface area contributed by atoms with Gasteiger partial charge in [0.05, 0.1) is 5.69 Å². The van der Waals surface area contributed by atoms with Crippen molar-refractivity contribution >= 4 is 17.5 Å². The minimum Gasteiger partial charge on any atom is -0.733 e. The molecule has 24 heavy (non-hydrogen) atoms. The van der Waals surface area contributed by atoms with Gasteiger partial charge in [-0.05, 0) is 36.8 Å². The zero-order chi connectivity index (χ0) is 17.9. The molecule has 0 radical (unpaired) electrons. The number of hydrogen-bond donors (Lipinski definition) is 2. The van der Waals surface area contributed by atoms with E-state index < -0.39 is 17.4 Å². The van der Waals surface area contributed by atoms with E-state index in [4.69, 9.17) is 10.9 Å². The number of carbonyl (C=O) groups is 2. The van der Waals surface area contributed by atoms with E-state index in [-0.39, 0.29) is 16.5 Å². The van der Waals surface area contributed by atoms with Crippen molar-refractivity contribution in [1.82, 2.24) is 4.90 Å². The maximum Gasteiger partial charge on any atom is 0.254 e. The summed E-state index contributed by atoms with van der Waals surface area (Å²) < 4.78 is 0. The molecule has 0 saturated carbocycles. The molecule has 0 heterocycles. The standard InChI is InChI=1S/C17H18N3O4/c1-17(16(18)22,13-6-4-3-5-7-13)19(2)15(21)12-8-10-14(11-9-12)20(23)24/h3-11,23H,1-2H3,(H2,18,22)/q-1/t17-/m1/s1. The van der Waals surface area contributed by atoms with E-state index >= 15 is 0 Å². The number of rotatable bonds is 5. The minimum atomic E-state index is -1.33. The molecule has 0 saturated heterocycles. The zero-order valence-corrected chi connectivity index (χ0v) is 13.3. The average molecular weight is 328 g/mol. The van der Waals surface area contributed by atoms with Gasteiger partial charge >= 0.3 is 0 Å². The molecule has 0 aliphatic heterocycles. The predicted molar refractivity (Wildman–Crippen MR) is 89.2 cm³/mol. The van der Waals surface area contributed by atoms with Crippen molar-refractivity contribution in [3.05, 3.63) is 70.9 Å². The number of amides is 2. The van der Waals surface area contributed by atoms with E-state index in [0.29, 0.717) is 5.56 Å². The second-order valence-corrected chi connectivity index (χ2v) is 5.49. The Kier molecular flexibility index (Phi) is 4.87. The quantitative estimate of drug-likeness (QED) is 0.814. The largest absolute Gasteiger partial charge is 0.733 e. The van der Waals surface area contributed by atoms with E-state index in [1.807, 2.05) is 0 Å². The molecule has 1 atom stereocenters. The van der Waals surface area contributed by atoms with Gasteiger partial charge in [0, 0.05) is 12.6 Å². The molecule has 0 aliphatic rings. The van der Waals surface area contributed by atoms with Crippen LogP contribution in [0, 0.1) is 5.21 Å². The highest BCUT2D eigenvalue weighted by atomic mass is 16.8. The Morgan fingerprint density at radius 2 is 1.62 bits per heavy atom. The maximum atomic E-state index is 12.7. The molecule has 0 bridgehead atoms. The van der Waals surface area contributed by atoms with Gasteiger partial charge < -0.3 is 21.1 Å². The van der Waals surface area contributed by atoms with Crippen LogP contribution in [0.1, 0.15) is 22.8 Å². The van der Waals surface area contributed by atoms with Gasteiger partial charge in [0.2, 0.25) is 5.91 Å². The maximum absolute atomic E-state index is 12.7. The molecule has 7 heteroatoms. The van der Waals surface area contributed by atoms with Crippen molar-refractivity contribution in [3.63, 3.8) is 0 Å². The van der Waals surface area contributed by atoms with E-state index in [0.717, 1.165) is 0 Å². The number of benzene rings is 2. The van der Waals surface area contributed by atoms with Crippen LogP contribution in [0.2, 0.25) is 0 Å². The number of nitrogens with two attached hydrogens (primary N) is 1. The lowest BCUT2D eigenvalue weighted by molar-refractivity contribution is -0.127. The summed E-state index contributed by atoms with van der Waals surface area (Å²) in [4.78, 5) is 26.1. The number of carbonyl (C=O) groups excluding carboxylic acids is 2. The topological polar surface area (TPSA) is 110 Å². The van der Waals surface area contributed by atoms with Crippen molar-refractivity contribution in [3.8, 4) is 0 Å². The molecule has 2 amide bonds. The van der Waals surface area contributed by atoms with Crippen LogP contribution in [0.3, 0.4) is 0 Å². The monoisotopic (exact) mass is 328 g/mol. The van der Waals surface area contributed by atoms with Crippen LogP contribution in [0.5, 0.6) is 0 Å². The number of likely N-dealkylation sites (N-methyl/N-ethyl adjacent to an activating group) is 1. The summed E-state index contributed by atoms with van der Waals surface area (Å²) in [6.07, 6.45) is 0. The van der Waals surface area contributed by atoms with E-state index in [1.165, 1.54) is 36.2 Å². The van der Waals surface area contributed by atoms with Crippen LogP contribution >= 0.6 is 0 Å². The van der Waals surface area contributed by atoms with E-state index in [2.05, 4.69) is 0 Å². The summed E-state index contributed by atoms with van der Waals surface area (Å²) in [5.41, 5.74) is 5.08.